The number of hydrogen-bond acceptors (Lipinski definition) is 3. The zero-order chi connectivity index (χ0) is 15.5. The van der Waals surface area contributed by atoms with Crippen LogP contribution in [0.4, 0.5) is 0 Å². The average Bonchev–Trinajstić information content (AvgIpc) is 3.15. The highest BCUT2D eigenvalue weighted by Crippen LogP contribution is 2.21. The Kier molecular flexibility index (Phi) is 4.27. The van der Waals surface area contributed by atoms with E-state index in [0.29, 0.717) is 6.42 Å². The van der Waals surface area contributed by atoms with Crippen LogP contribution in [0.3, 0.4) is 0 Å². The number of fused-ring (bicyclic) bond motifs is 1. The second-order valence-corrected chi connectivity index (χ2v) is 6.12. The maximum Gasteiger partial charge on any atom is 0.224 e. The summed E-state index contributed by atoms with van der Waals surface area (Å²) in [5.74, 6) is -0.0781. The molecular weight excluding hydrogens is 296 g/mol. The van der Waals surface area contributed by atoms with Crippen LogP contribution >= 0.6 is 11.3 Å². The highest BCUT2D eigenvalue weighted by atomic mass is 32.1. The average molecular weight is 314 g/mol. The van der Waals surface area contributed by atoms with Crippen molar-refractivity contribution in [3.63, 3.8) is 0 Å². The molecule has 1 unspecified atom stereocenters. The zero-order valence-electron chi connectivity index (χ0n) is 12.3. The summed E-state index contributed by atoms with van der Waals surface area (Å²) in [6.45, 7) is 0.236. The number of amides is 1. The van der Waals surface area contributed by atoms with Crippen LogP contribution < -0.4 is 5.32 Å². The van der Waals surface area contributed by atoms with Crippen LogP contribution in [0.25, 0.3) is 10.9 Å². The number of aliphatic hydroxyl groups excluding tert-OH is 1. The molecule has 0 radical (unpaired) electrons. The van der Waals surface area contributed by atoms with Crippen molar-refractivity contribution >= 4 is 28.1 Å². The highest BCUT2D eigenvalue weighted by Gasteiger charge is 2.13. The van der Waals surface area contributed by atoms with Gasteiger partial charge in [0.2, 0.25) is 5.91 Å². The number of thiophene rings is 1. The molecule has 0 fully saturated rings. The van der Waals surface area contributed by atoms with Crippen molar-refractivity contribution < 1.29 is 9.90 Å². The highest BCUT2D eigenvalue weighted by molar-refractivity contribution is 7.07. The summed E-state index contributed by atoms with van der Waals surface area (Å²) >= 11 is 1.53. The lowest BCUT2D eigenvalue weighted by Crippen LogP contribution is -2.29. The molecule has 2 aromatic heterocycles. The number of aryl methyl sites for hydroxylation is 1. The fraction of sp³-hybridized carbons (Fsp3) is 0.235. The first-order chi connectivity index (χ1) is 10.6. The van der Waals surface area contributed by atoms with E-state index in [-0.39, 0.29) is 12.5 Å². The van der Waals surface area contributed by atoms with Gasteiger partial charge in [-0.05, 0) is 34.0 Å². The van der Waals surface area contributed by atoms with Gasteiger partial charge in [0, 0.05) is 30.7 Å². The third kappa shape index (κ3) is 3.05. The predicted molar refractivity (Wildman–Crippen MR) is 88.9 cm³/mol. The van der Waals surface area contributed by atoms with Gasteiger partial charge in [-0.15, -0.1) is 0 Å². The zero-order valence-corrected chi connectivity index (χ0v) is 13.1. The molecule has 22 heavy (non-hydrogen) atoms. The fourth-order valence-electron chi connectivity index (χ4n) is 2.59. The molecule has 3 aromatic rings. The van der Waals surface area contributed by atoms with Gasteiger partial charge in [-0.3, -0.25) is 4.79 Å². The molecule has 0 aliphatic heterocycles. The van der Waals surface area contributed by atoms with E-state index in [9.17, 15) is 9.90 Å². The molecule has 5 heteroatoms. The Labute approximate surface area is 133 Å². The smallest absolute Gasteiger partial charge is 0.224 e. The number of aliphatic hydroxyl groups is 1. The van der Waals surface area contributed by atoms with Gasteiger partial charge in [0.25, 0.3) is 0 Å². The molecule has 1 atom stereocenters. The lowest BCUT2D eigenvalue weighted by molar-refractivity contribution is -0.120. The van der Waals surface area contributed by atoms with E-state index >= 15 is 0 Å². The Morgan fingerprint density at radius 3 is 2.95 bits per heavy atom. The summed E-state index contributed by atoms with van der Waals surface area (Å²) < 4.78 is 2.03. The molecule has 3 rings (SSSR count). The standard InChI is InChI=1S/C17H18N2O2S/c1-19-10-13(14-4-2-3-5-15(14)19)8-17(21)18-9-16(20)12-6-7-22-11-12/h2-7,10-11,16,20H,8-9H2,1H3,(H,18,21). The largest absolute Gasteiger partial charge is 0.387 e. The van der Waals surface area contributed by atoms with Crippen LogP contribution in [0.5, 0.6) is 0 Å². The molecule has 0 aliphatic rings. The summed E-state index contributed by atoms with van der Waals surface area (Å²) in [7, 11) is 1.98. The quantitative estimate of drug-likeness (QED) is 0.760. The minimum atomic E-state index is -0.650. The van der Waals surface area contributed by atoms with Crippen molar-refractivity contribution in [2.75, 3.05) is 6.54 Å². The number of aromatic nitrogens is 1. The van der Waals surface area contributed by atoms with E-state index in [0.717, 1.165) is 22.0 Å². The summed E-state index contributed by atoms with van der Waals surface area (Å²) in [6, 6.07) is 9.90. The number of nitrogens with zero attached hydrogens (tertiary/aromatic N) is 1. The van der Waals surface area contributed by atoms with Crippen LogP contribution in [-0.4, -0.2) is 22.1 Å². The third-order valence-electron chi connectivity index (χ3n) is 3.75. The molecule has 4 nitrogen and oxygen atoms in total. The number of carbonyl (C=O) groups excluding carboxylic acids is 1. The first kappa shape index (κ1) is 14.8. The first-order valence-electron chi connectivity index (χ1n) is 7.15. The summed E-state index contributed by atoms with van der Waals surface area (Å²) in [4.78, 5) is 12.1. The minimum Gasteiger partial charge on any atom is -0.387 e. The number of hydrogen-bond donors (Lipinski definition) is 2. The van der Waals surface area contributed by atoms with E-state index in [4.69, 9.17) is 0 Å². The van der Waals surface area contributed by atoms with Crippen LogP contribution in [0.1, 0.15) is 17.2 Å². The van der Waals surface area contributed by atoms with Gasteiger partial charge in [-0.25, -0.2) is 0 Å². The minimum absolute atomic E-state index is 0.0781. The van der Waals surface area contributed by atoms with Gasteiger partial charge >= 0.3 is 0 Å². The molecule has 1 aromatic carbocycles. The maximum atomic E-state index is 12.1. The Morgan fingerprint density at radius 1 is 1.36 bits per heavy atom. The number of carbonyl (C=O) groups is 1. The SMILES string of the molecule is Cn1cc(CC(=O)NCC(O)c2ccsc2)c2ccccc21. The first-order valence-corrected chi connectivity index (χ1v) is 8.09. The van der Waals surface area contributed by atoms with Crippen molar-refractivity contribution in [2.24, 2.45) is 7.05 Å². The van der Waals surface area contributed by atoms with Crippen LogP contribution in [0.2, 0.25) is 0 Å². The van der Waals surface area contributed by atoms with Crippen molar-refractivity contribution in [3.8, 4) is 0 Å². The van der Waals surface area contributed by atoms with E-state index in [1.54, 1.807) is 0 Å². The Morgan fingerprint density at radius 2 is 2.18 bits per heavy atom. The van der Waals surface area contributed by atoms with Crippen LogP contribution in [0, 0.1) is 0 Å². The molecule has 2 N–H and O–H groups in total. The van der Waals surface area contributed by atoms with Gasteiger partial charge in [-0.2, -0.15) is 11.3 Å². The number of rotatable bonds is 5. The Hall–Kier alpha value is -2.11. The van der Waals surface area contributed by atoms with Gasteiger partial charge in [0.05, 0.1) is 12.5 Å². The third-order valence-corrected chi connectivity index (χ3v) is 4.45. The Bertz CT molecular complexity index is 777. The predicted octanol–water partition coefficient (Wildman–Crippen LogP) is 2.63. The van der Waals surface area contributed by atoms with Crippen molar-refractivity contribution in [2.45, 2.75) is 12.5 Å². The number of para-hydroxylation sites is 1. The summed E-state index contributed by atoms with van der Waals surface area (Å²) in [5.41, 5.74) is 2.96. The van der Waals surface area contributed by atoms with Gasteiger partial charge in [0.1, 0.15) is 0 Å². The van der Waals surface area contributed by atoms with E-state index < -0.39 is 6.10 Å². The van der Waals surface area contributed by atoms with E-state index in [2.05, 4.69) is 5.32 Å². The molecule has 0 spiro atoms. The van der Waals surface area contributed by atoms with Gasteiger partial charge in [0.15, 0.2) is 0 Å². The second kappa shape index (κ2) is 6.34. The Balaban J connectivity index is 1.64. The van der Waals surface area contributed by atoms with Gasteiger partial charge in [-0.1, -0.05) is 18.2 Å². The number of nitrogens with one attached hydrogen (secondary N) is 1. The van der Waals surface area contributed by atoms with E-state index in [1.807, 2.05) is 58.9 Å². The van der Waals surface area contributed by atoms with Crippen LogP contribution in [0.15, 0.2) is 47.3 Å². The fourth-order valence-corrected chi connectivity index (χ4v) is 3.30. The van der Waals surface area contributed by atoms with E-state index in [1.165, 1.54) is 11.3 Å². The molecule has 1 amide bonds. The van der Waals surface area contributed by atoms with Crippen molar-refractivity contribution in [1.29, 1.82) is 0 Å². The molecule has 0 saturated carbocycles. The monoisotopic (exact) mass is 314 g/mol. The molecular formula is C17H18N2O2S. The summed E-state index contributed by atoms with van der Waals surface area (Å²) in [5, 5.41) is 17.7. The molecule has 0 aliphatic carbocycles. The molecule has 114 valence electrons. The molecule has 2 heterocycles. The number of benzene rings is 1. The van der Waals surface area contributed by atoms with Gasteiger partial charge < -0.3 is 15.0 Å². The summed E-state index contributed by atoms with van der Waals surface area (Å²) in [6.07, 6.45) is 1.65. The normalized spacial score (nSPS) is 12.5. The topological polar surface area (TPSA) is 54.3 Å². The van der Waals surface area contributed by atoms with Crippen molar-refractivity contribution in [1.82, 2.24) is 9.88 Å². The van der Waals surface area contributed by atoms with Crippen molar-refractivity contribution in [3.05, 3.63) is 58.4 Å². The maximum absolute atomic E-state index is 12.1. The molecule has 0 bridgehead atoms. The van der Waals surface area contributed by atoms with Crippen LogP contribution in [-0.2, 0) is 18.3 Å². The molecule has 0 saturated heterocycles. The lowest BCUT2D eigenvalue weighted by Gasteiger charge is -2.10. The lowest BCUT2D eigenvalue weighted by atomic mass is 10.1. The second-order valence-electron chi connectivity index (χ2n) is 5.34.